The lowest BCUT2D eigenvalue weighted by atomic mass is 10.2. The molecule has 0 aliphatic rings. The van der Waals surface area contributed by atoms with Crippen molar-refractivity contribution >= 4 is 0 Å². The number of nitrogens with one attached hydrogen (secondary N) is 1. The Kier molecular flexibility index (Phi) is 6.81. The van der Waals surface area contributed by atoms with Crippen LogP contribution in [0.15, 0.2) is 6.20 Å². The van der Waals surface area contributed by atoms with Crippen LogP contribution in [0.3, 0.4) is 0 Å². The van der Waals surface area contributed by atoms with Gasteiger partial charge in [0.05, 0.1) is 11.9 Å². The maximum atomic E-state index is 5.61. The van der Waals surface area contributed by atoms with Gasteiger partial charge in [-0.1, -0.05) is 12.1 Å². The number of nitrogens with two attached hydrogens (primary N) is 1. The van der Waals surface area contributed by atoms with Crippen molar-refractivity contribution in [1.29, 1.82) is 0 Å². The molecule has 1 aromatic rings. The van der Waals surface area contributed by atoms with E-state index in [9.17, 15) is 0 Å². The van der Waals surface area contributed by atoms with E-state index in [1.807, 2.05) is 18.5 Å². The Labute approximate surface area is 108 Å². The summed E-state index contributed by atoms with van der Waals surface area (Å²) in [6, 6.07) is -0.286. The number of aromatic nitrogens is 3. The van der Waals surface area contributed by atoms with Crippen LogP contribution < -0.4 is 11.3 Å². The van der Waals surface area contributed by atoms with E-state index >= 15 is 0 Å². The minimum Gasteiger partial charge on any atom is -0.351 e. The predicted octanol–water partition coefficient (Wildman–Crippen LogP) is 0.592. The molecule has 0 saturated heterocycles. The van der Waals surface area contributed by atoms with Crippen molar-refractivity contribution < 1.29 is 9.47 Å². The Bertz CT molecular complexity index is 325. The van der Waals surface area contributed by atoms with E-state index in [1.54, 1.807) is 6.20 Å². The lowest BCUT2D eigenvalue weighted by Crippen LogP contribution is -2.40. The zero-order chi connectivity index (χ0) is 13.4. The van der Waals surface area contributed by atoms with Gasteiger partial charge in [-0.25, -0.2) is 10.1 Å². The Morgan fingerprint density at radius 3 is 2.50 bits per heavy atom. The lowest BCUT2D eigenvalue weighted by Gasteiger charge is -2.26. The Morgan fingerprint density at radius 1 is 1.33 bits per heavy atom. The topological polar surface area (TPSA) is 87.2 Å². The minimum absolute atomic E-state index is 0.286. The first kappa shape index (κ1) is 15.0. The molecule has 1 heterocycles. The molecule has 0 spiro atoms. The molecule has 18 heavy (non-hydrogen) atoms. The molecule has 0 aliphatic carbocycles. The normalized spacial score (nSPS) is 13.2. The van der Waals surface area contributed by atoms with Crippen LogP contribution in [0.4, 0.5) is 0 Å². The molecule has 3 N–H and O–H groups in total. The molecule has 0 amide bonds. The minimum atomic E-state index is -0.445. The second kappa shape index (κ2) is 8.15. The van der Waals surface area contributed by atoms with E-state index in [0.29, 0.717) is 13.2 Å². The predicted molar refractivity (Wildman–Crippen MR) is 67.4 cm³/mol. The lowest BCUT2D eigenvalue weighted by molar-refractivity contribution is -0.156. The van der Waals surface area contributed by atoms with Crippen molar-refractivity contribution in [2.45, 2.75) is 46.1 Å². The molecule has 1 atom stereocenters. The Hall–Kier alpha value is -1.02. The molecule has 7 nitrogen and oxygen atoms in total. The Morgan fingerprint density at radius 2 is 2.00 bits per heavy atom. The second-order valence-electron chi connectivity index (χ2n) is 3.81. The van der Waals surface area contributed by atoms with Crippen LogP contribution in [-0.4, -0.2) is 34.5 Å². The van der Waals surface area contributed by atoms with Gasteiger partial charge in [0, 0.05) is 19.8 Å². The molecule has 0 radical (unpaired) electrons. The van der Waals surface area contributed by atoms with Gasteiger partial charge >= 0.3 is 0 Å². The third-order valence-electron chi connectivity index (χ3n) is 2.52. The highest BCUT2D eigenvalue weighted by Crippen LogP contribution is 2.19. The molecule has 0 saturated carbocycles. The van der Waals surface area contributed by atoms with Gasteiger partial charge in [-0.2, -0.15) is 0 Å². The summed E-state index contributed by atoms with van der Waals surface area (Å²) < 4.78 is 12.9. The summed E-state index contributed by atoms with van der Waals surface area (Å²) in [6.45, 7) is 7.82. The maximum absolute atomic E-state index is 5.61. The van der Waals surface area contributed by atoms with Gasteiger partial charge in [-0.3, -0.25) is 5.84 Å². The second-order valence-corrected chi connectivity index (χ2v) is 3.81. The number of hydrogen-bond donors (Lipinski definition) is 2. The molecular weight excluding hydrogens is 234 g/mol. The van der Waals surface area contributed by atoms with Crippen molar-refractivity contribution in [3.63, 3.8) is 0 Å². The highest BCUT2D eigenvalue weighted by Gasteiger charge is 2.26. The molecule has 0 fully saturated rings. The molecule has 0 aliphatic heterocycles. The van der Waals surface area contributed by atoms with E-state index in [-0.39, 0.29) is 6.04 Å². The van der Waals surface area contributed by atoms with E-state index in [0.717, 1.165) is 18.7 Å². The van der Waals surface area contributed by atoms with E-state index < -0.39 is 6.29 Å². The van der Waals surface area contributed by atoms with Gasteiger partial charge in [-0.05, 0) is 20.3 Å². The number of hydrogen-bond acceptors (Lipinski definition) is 6. The smallest absolute Gasteiger partial charge is 0.179 e. The van der Waals surface area contributed by atoms with Crippen molar-refractivity contribution in [2.24, 2.45) is 5.84 Å². The molecule has 1 aromatic heterocycles. The van der Waals surface area contributed by atoms with Crippen LogP contribution in [0, 0.1) is 0 Å². The SMILES string of the molecule is CCCn1nncc1C(NN)C(OCC)OCC. The van der Waals surface area contributed by atoms with Crippen LogP contribution in [0.5, 0.6) is 0 Å². The van der Waals surface area contributed by atoms with Crippen LogP contribution in [0.25, 0.3) is 0 Å². The fraction of sp³-hybridized carbons (Fsp3) is 0.818. The first-order valence-corrected chi connectivity index (χ1v) is 6.36. The van der Waals surface area contributed by atoms with Gasteiger partial charge in [0.15, 0.2) is 6.29 Å². The van der Waals surface area contributed by atoms with Gasteiger partial charge in [0.2, 0.25) is 0 Å². The van der Waals surface area contributed by atoms with Crippen LogP contribution in [0.1, 0.15) is 38.9 Å². The summed E-state index contributed by atoms with van der Waals surface area (Å²) in [5, 5.41) is 7.96. The number of rotatable bonds is 9. The molecule has 1 unspecified atom stereocenters. The van der Waals surface area contributed by atoms with E-state index in [4.69, 9.17) is 15.3 Å². The molecule has 104 valence electrons. The average Bonchev–Trinajstić information content (AvgIpc) is 2.80. The van der Waals surface area contributed by atoms with Crippen molar-refractivity contribution in [1.82, 2.24) is 20.4 Å². The largest absolute Gasteiger partial charge is 0.351 e. The third-order valence-corrected chi connectivity index (χ3v) is 2.52. The first-order chi connectivity index (χ1) is 8.78. The number of aryl methyl sites for hydroxylation is 1. The molecule has 1 rings (SSSR count). The molecule has 0 aromatic carbocycles. The van der Waals surface area contributed by atoms with Crippen LogP contribution >= 0.6 is 0 Å². The summed E-state index contributed by atoms with van der Waals surface area (Å²) >= 11 is 0. The van der Waals surface area contributed by atoms with Crippen molar-refractivity contribution in [2.75, 3.05) is 13.2 Å². The average molecular weight is 257 g/mol. The van der Waals surface area contributed by atoms with Crippen molar-refractivity contribution in [3.8, 4) is 0 Å². The van der Waals surface area contributed by atoms with E-state index in [2.05, 4.69) is 22.7 Å². The first-order valence-electron chi connectivity index (χ1n) is 6.36. The highest BCUT2D eigenvalue weighted by molar-refractivity contribution is 5.03. The van der Waals surface area contributed by atoms with Gasteiger partial charge in [0.25, 0.3) is 0 Å². The summed E-state index contributed by atoms with van der Waals surface area (Å²) in [7, 11) is 0. The van der Waals surface area contributed by atoms with Crippen molar-refractivity contribution in [3.05, 3.63) is 11.9 Å². The quantitative estimate of drug-likeness (QED) is 0.382. The summed E-state index contributed by atoms with van der Waals surface area (Å²) in [4.78, 5) is 0. The third kappa shape index (κ3) is 3.74. The zero-order valence-corrected chi connectivity index (χ0v) is 11.3. The Balaban J connectivity index is 2.87. The zero-order valence-electron chi connectivity index (χ0n) is 11.3. The fourth-order valence-corrected chi connectivity index (χ4v) is 1.76. The number of hydrazine groups is 1. The molecular formula is C11H23N5O2. The standard InChI is InChI=1S/C11H23N5O2/c1-4-7-16-9(8-13-15-16)10(14-12)11(17-5-2)18-6-3/h8,10-11,14H,4-7,12H2,1-3H3. The van der Waals surface area contributed by atoms with Gasteiger partial charge in [-0.15, -0.1) is 5.10 Å². The number of nitrogens with zero attached hydrogens (tertiary/aromatic N) is 3. The fourth-order valence-electron chi connectivity index (χ4n) is 1.76. The summed E-state index contributed by atoms with van der Waals surface area (Å²) in [5.41, 5.74) is 3.59. The molecule has 0 bridgehead atoms. The van der Waals surface area contributed by atoms with Crippen LogP contribution in [0.2, 0.25) is 0 Å². The summed E-state index contributed by atoms with van der Waals surface area (Å²) in [5.74, 6) is 5.61. The van der Waals surface area contributed by atoms with Gasteiger partial charge in [0.1, 0.15) is 6.04 Å². The highest BCUT2D eigenvalue weighted by atomic mass is 16.7. The van der Waals surface area contributed by atoms with Crippen LogP contribution in [-0.2, 0) is 16.0 Å². The monoisotopic (exact) mass is 257 g/mol. The number of ether oxygens (including phenoxy) is 2. The van der Waals surface area contributed by atoms with Gasteiger partial charge < -0.3 is 9.47 Å². The van der Waals surface area contributed by atoms with E-state index in [1.165, 1.54) is 0 Å². The molecule has 7 heteroatoms. The maximum Gasteiger partial charge on any atom is 0.179 e. The summed E-state index contributed by atoms with van der Waals surface area (Å²) in [6.07, 6.45) is 2.21.